The molecule has 1 aromatic carbocycles. The summed E-state index contributed by atoms with van der Waals surface area (Å²) in [4.78, 5) is 27.6. The molecule has 3 heterocycles. The molecule has 4 rings (SSSR count). The zero-order valence-electron chi connectivity index (χ0n) is 14.5. The van der Waals surface area contributed by atoms with Gasteiger partial charge in [-0.15, -0.1) is 0 Å². The fourth-order valence-electron chi connectivity index (χ4n) is 3.35. The maximum atomic E-state index is 12.4. The van der Waals surface area contributed by atoms with Gasteiger partial charge < -0.3 is 10.2 Å². The minimum absolute atomic E-state index is 0.0724. The van der Waals surface area contributed by atoms with E-state index < -0.39 is 0 Å². The normalized spacial score (nSPS) is 15.2. The molecule has 0 saturated carbocycles. The lowest BCUT2D eigenvalue weighted by atomic mass is 9.95. The summed E-state index contributed by atoms with van der Waals surface area (Å²) in [6.45, 7) is 2.28. The summed E-state index contributed by atoms with van der Waals surface area (Å²) in [6.07, 6.45) is 6.86. The molecule has 6 heteroatoms. The van der Waals surface area contributed by atoms with Crippen molar-refractivity contribution in [2.75, 3.05) is 18.0 Å². The Hall–Kier alpha value is -3.02. The number of nitrogens with zero attached hydrogens (tertiary/aromatic N) is 4. The molecule has 1 aliphatic heterocycles. The molecule has 2 aromatic heterocycles. The van der Waals surface area contributed by atoms with E-state index in [1.54, 1.807) is 12.4 Å². The molecule has 0 spiro atoms. The van der Waals surface area contributed by atoms with Crippen molar-refractivity contribution in [3.63, 3.8) is 0 Å². The number of nitrogens with one attached hydrogen (secondary N) is 1. The molecule has 1 N–H and O–H groups in total. The molecule has 1 aliphatic rings. The zero-order chi connectivity index (χ0) is 17.8. The number of hydrogen-bond acceptors (Lipinski definition) is 5. The smallest absolute Gasteiger partial charge is 0.223 e. The van der Waals surface area contributed by atoms with Gasteiger partial charge in [0, 0.05) is 37.9 Å². The van der Waals surface area contributed by atoms with E-state index in [0.29, 0.717) is 12.2 Å². The Labute approximate surface area is 152 Å². The van der Waals surface area contributed by atoms with Gasteiger partial charge in [0.25, 0.3) is 0 Å². The second kappa shape index (κ2) is 7.47. The number of anilines is 1. The van der Waals surface area contributed by atoms with Crippen molar-refractivity contribution in [3.8, 4) is 0 Å². The van der Waals surface area contributed by atoms with Gasteiger partial charge in [-0.2, -0.15) is 0 Å². The average molecular weight is 347 g/mol. The summed E-state index contributed by atoms with van der Waals surface area (Å²) in [5.74, 6) is 0.221. The molecule has 0 bridgehead atoms. The van der Waals surface area contributed by atoms with Crippen LogP contribution in [0.2, 0.25) is 0 Å². The highest BCUT2D eigenvalue weighted by molar-refractivity contribution is 5.79. The molecular formula is C20H21N5O. The number of rotatable bonds is 4. The van der Waals surface area contributed by atoms with Crippen molar-refractivity contribution in [1.82, 2.24) is 20.3 Å². The van der Waals surface area contributed by atoms with Gasteiger partial charge in [0.15, 0.2) is 5.65 Å². The van der Waals surface area contributed by atoms with Gasteiger partial charge in [-0.3, -0.25) is 9.78 Å². The van der Waals surface area contributed by atoms with E-state index in [0.717, 1.165) is 42.7 Å². The third kappa shape index (κ3) is 3.64. The summed E-state index contributed by atoms with van der Waals surface area (Å²) in [6, 6.07) is 12.0. The highest BCUT2D eigenvalue weighted by Crippen LogP contribution is 2.24. The highest BCUT2D eigenvalue weighted by atomic mass is 16.1. The molecule has 0 aliphatic carbocycles. The van der Waals surface area contributed by atoms with Gasteiger partial charge in [-0.25, -0.2) is 9.97 Å². The van der Waals surface area contributed by atoms with Crippen LogP contribution in [0.5, 0.6) is 0 Å². The number of benzene rings is 1. The van der Waals surface area contributed by atoms with Crippen LogP contribution in [-0.2, 0) is 11.3 Å². The fourth-order valence-corrected chi connectivity index (χ4v) is 3.35. The number of piperidine rings is 1. The zero-order valence-corrected chi connectivity index (χ0v) is 14.5. The fraction of sp³-hybridized carbons (Fsp3) is 0.300. The number of hydrogen-bond donors (Lipinski definition) is 1. The molecular weight excluding hydrogens is 326 g/mol. The number of fused-ring (bicyclic) bond motifs is 1. The van der Waals surface area contributed by atoms with Gasteiger partial charge in [0.05, 0.1) is 11.9 Å². The van der Waals surface area contributed by atoms with E-state index in [-0.39, 0.29) is 11.8 Å². The number of carbonyl (C=O) groups is 1. The largest absolute Gasteiger partial charge is 0.370 e. The lowest BCUT2D eigenvalue weighted by Gasteiger charge is -2.32. The molecule has 132 valence electrons. The van der Waals surface area contributed by atoms with Crippen LogP contribution < -0.4 is 10.2 Å². The van der Waals surface area contributed by atoms with Crippen LogP contribution in [-0.4, -0.2) is 33.9 Å². The van der Waals surface area contributed by atoms with E-state index in [1.807, 2.05) is 42.6 Å². The van der Waals surface area contributed by atoms with E-state index in [1.165, 1.54) is 0 Å². The molecule has 1 amide bonds. The summed E-state index contributed by atoms with van der Waals surface area (Å²) in [5, 5.41) is 3.06. The predicted octanol–water partition coefficient (Wildman–Crippen LogP) is 2.56. The Kier molecular flexibility index (Phi) is 4.73. The Bertz CT molecular complexity index is 891. The van der Waals surface area contributed by atoms with E-state index in [9.17, 15) is 4.79 Å². The first-order valence-electron chi connectivity index (χ1n) is 8.93. The number of amides is 1. The van der Waals surface area contributed by atoms with E-state index >= 15 is 0 Å². The summed E-state index contributed by atoms with van der Waals surface area (Å²) in [5.41, 5.74) is 3.63. The Morgan fingerprint density at radius 1 is 1.08 bits per heavy atom. The Morgan fingerprint density at radius 3 is 2.65 bits per heavy atom. The quantitative estimate of drug-likeness (QED) is 0.785. The van der Waals surface area contributed by atoms with Crippen LogP contribution in [0.4, 0.5) is 5.69 Å². The Morgan fingerprint density at radius 2 is 1.85 bits per heavy atom. The molecule has 1 fully saturated rings. The molecule has 3 aromatic rings. The predicted molar refractivity (Wildman–Crippen MR) is 101 cm³/mol. The van der Waals surface area contributed by atoms with Crippen LogP contribution in [0.25, 0.3) is 11.2 Å². The lowest BCUT2D eigenvalue weighted by molar-refractivity contribution is -0.125. The van der Waals surface area contributed by atoms with Gasteiger partial charge in [-0.1, -0.05) is 30.3 Å². The average Bonchev–Trinajstić information content (AvgIpc) is 2.72. The van der Waals surface area contributed by atoms with Gasteiger partial charge in [0.2, 0.25) is 5.91 Å². The molecule has 0 atom stereocenters. The summed E-state index contributed by atoms with van der Waals surface area (Å²) in [7, 11) is 0. The van der Waals surface area contributed by atoms with Crippen molar-refractivity contribution < 1.29 is 4.79 Å². The number of aromatic nitrogens is 3. The topological polar surface area (TPSA) is 71.0 Å². The highest BCUT2D eigenvalue weighted by Gasteiger charge is 2.25. The van der Waals surface area contributed by atoms with Gasteiger partial charge >= 0.3 is 0 Å². The van der Waals surface area contributed by atoms with Crippen LogP contribution >= 0.6 is 0 Å². The minimum Gasteiger partial charge on any atom is -0.370 e. The van der Waals surface area contributed by atoms with Crippen LogP contribution in [0.3, 0.4) is 0 Å². The van der Waals surface area contributed by atoms with E-state index in [4.69, 9.17) is 0 Å². The second-order valence-electron chi connectivity index (χ2n) is 6.56. The van der Waals surface area contributed by atoms with Crippen molar-refractivity contribution in [3.05, 3.63) is 60.6 Å². The van der Waals surface area contributed by atoms with Gasteiger partial charge in [-0.05, 0) is 24.5 Å². The van der Waals surface area contributed by atoms with Crippen molar-refractivity contribution >= 4 is 22.8 Å². The minimum atomic E-state index is 0.0724. The number of carbonyl (C=O) groups excluding carboxylic acids is 1. The lowest BCUT2D eigenvalue weighted by Crippen LogP contribution is -2.40. The monoisotopic (exact) mass is 347 g/mol. The van der Waals surface area contributed by atoms with Crippen LogP contribution in [0.15, 0.2) is 55.0 Å². The Balaban J connectivity index is 1.33. The van der Waals surface area contributed by atoms with Crippen molar-refractivity contribution in [1.29, 1.82) is 0 Å². The first-order valence-corrected chi connectivity index (χ1v) is 8.93. The summed E-state index contributed by atoms with van der Waals surface area (Å²) < 4.78 is 0. The maximum Gasteiger partial charge on any atom is 0.223 e. The third-order valence-electron chi connectivity index (χ3n) is 4.85. The standard InChI is InChI=1S/C20H21N5O/c26-20(24-13-15-4-2-1-3-5-15)16-6-10-25(11-7-16)17-12-18-19(23-14-17)22-9-8-21-18/h1-5,8-9,12,14,16H,6-7,10-11,13H2,(H,24,26). The van der Waals surface area contributed by atoms with Crippen molar-refractivity contribution in [2.45, 2.75) is 19.4 Å². The SMILES string of the molecule is O=C(NCc1ccccc1)C1CCN(c2cnc3nccnc3c2)CC1. The van der Waals surface area contributed by atoms with Crippen LogP contribution in [0, 0.1) is 5.92 Å². The maximum absolute atomic E-state index is 12.4. The molecule has 0 unspecified atom stereocenters. The molecule has 6 nitrogen and oxygen atoms in total. The molecule has 1 saturated heterocycles. The number of pyridine rings is 1. The first kappa shape index (κ1) is 16.4. The first-order chi connectivity index (χ1) is 12.8. The van der Waals surface area contributed by atoms with E-state index in [2.05, 4.69) is 25.2 Å². The van der Waals surface area contributed by atoms with Gasteiger partial charge in [0.1, 0.15) is 5.52 Å². The summed E-state index contributed by atoms with van der Waals surface area (Å²) >= 11 is 0. The third-order valence-corrected chi connectivity index (χ3v) is 4.85. The molecule has 26 heavy (non-hydrogen) atoms. The van der Waals surface area contributed by atoms with Crippen LogP contribution in [0.1, 0.15) is 18.4 Å². The van der Waals surface area contributed by atoms with Crippen molar-refractivity contribution in [2.24, 2.45) is 5.92 Å². The second-order valence-corrected chi connectivity index (χ2v) is 6.56. The molecule has 0 radical (unpaired) electrons.